The fraction of sp³-hybridized carbons (Fsp3) is 0.120. The van der Waals surface area contributed by atoms with Gasteiger partial charge in [-0.1, -0.05) is 48.5 Å². The Hall–Kier alpha value is -4.04. The molecule has 1 N–H and O–H groups in total. The molecule has 8 heteroatoms. The molecule has 0 saturated carbocycles. The number of aromatic nitrogens is 3. The van der Waals surface area contributed by atoms with Crippen molar-refractivity contribution in [3.8, 4) is 21.1 Å². The smallest absolute Gasteiger partial charge is 0.287 e. The number of carbonyl (C=O) groups is 1. The first-order chi connectivity index (χ1) is 16.1. The number of fused-ring (bicyclic) bond motifs is 1. The molecule has 3 aromatic heterocycles. The summed E-state index contributed by atoms with van der Waals surface area (Å²) in [5, 5.41) is 9.07. The van der Waals surface area contributed by atoms with E-state index in [-0.39, 0.29) is 30.3 Å². The lowest BCUT2D eigenvalue weighted by Gasteiger charge is -2.07. The van der Waals surface area contributed by atoms with Gasteiger partial charge in [-0.15, -0.1) is 11.3 Å². The Kier molecular flexibility index (Phi) is 5.58. The number of nitrogens with zero attached hydrogens (tertiary/aromatic N) is 3. The molecule has 5 aromatic rings. The van der Waals surface area contributed by atoms with E-state index in [1.165, 1.54) is 22.1 Å². The maximum atomic E-state index is 12.4. The number of para-hydroxylation sites is 1. The second-order valence-electron chi connectivity index (χ2n) is 7.48. The molecule has 164 valence electrons. The van der Waals surface area contributed by atoms with Gasteiger partial charge in [0.1, 0.15) is 16.3 Å². The molecule has 5 rings (SSSR count). The highest BCUT2D eigenvalue weighted by molar-refractivity contribution is 7.18. The van der Waals surface area contributed by atoms with E-state index in [1.54, 1.807) is 12.1 Å². The van der Waals surface area contributed by atoms with Crippen LogP contribution in [0, 0.1) is 6.92 Å². The van der Waals surface area contributed by atoms with Crippen LogP contribution >= 0.6 is 11.3 Å². The number of carbonyl (C=O) groups excluding carboxylic acids is 1. The van der Waals surface area contributed by atoms with Gasteiger partial charge in [-0.25, -0.2) is 9.67 Å². The molecule has 0 spiro atoms. The summed E-state index contributed by atoms with van der Waals surface area (Å²) in [7, 11) is 0. The first-order valence-electron chi connectivity index (χ1n) is 10.5. The molecule has 7 nitrogen and oxygen atoms in total. The number of furan rings is 1. The quantitative estimate of drug-likeness (QED) is 0.406. The predicted octanol–water partition coefficient (Wildman–Crippen LogP) is 4.52. The van der Waals surface area contributed by atoms with Crippen LogP contribution in [-0.2, 0) is 6.54 Å². The van der Waals surface area contributed by atoms with Crippen LogP contribution in [0.2, 0.25) is 0 Å². The Morgan fingerprint density at radius 3 is 2.67 bits per heavy atom. The number of thiazole rings is 1. The van der Waals surface area contributed by atoms with Gasteiger partial charge in [0.15, 0.2) is 5.76 Å². The SMILES string of the molecule is Cc1nc(-c2ccccc2)sc1-c1ccc(=O)n(CCNC(=O)c2cc3ccccc3o2)n1. The largest absolute Gasteiger partial charge is 0.451 e. The van der Waals surface area contributed by atoms with Gasteiger partial charge < -0.3 is 9.73 Å². The highest BCUT2D eigenvalue weighted by atomic mass is 32.1. The summed E-state index contributed by atoms with van der Waals surface area (Å²) in [6.07, 6.45) is 0. The predicted molar refractivity (Wildman–Crippen MR) is 128 cm³/mol. The summed E-state index contributed by atoms with van der Waals surface area (Å²) in [6.45, 7) is 2.41. The van der Waals surface area contributed by atoms with Crippen molar-refractivity contribution in [1.82, 2.24) is 20.1 Å². The minimum Gasteiger partial charge on any atom is -0.451 e. The van der Waals surface area contributed by atoms with Gasteiger partial charge >= 0.3 is 0 Å². The molecule has 0 radical (unpaired) electrons. The number of aryl methyl sites for hydroxylation is 1. The topological polar surface area (TPSA) is 90.0 Å². The third-order valence-corrected chi connectivity index (χ3v) is 6.40. The van der Waals surface area contributed by atoms with Crippen LogP contribution in [-0.4, -0.2) is 27.2 Å². The van der Waals surface area contributed by atoms with E-state index in [0.717, 1.165) is 26.5 Å². The van der Waals surface area contributed by atoms with E-state index in [4.69, 9.17) is 4.42 Å². The van der Waals surface area contributed by atoms with E-state index >= 15 is 0 Å². The molecule has 0 atom stereocenters. The highest BCUT2D eigenvalue weighted by Crippen LogP contribution is 2.33. The Labute approximate surface area is 193 Å². The van der Waals surface area contributed by atoms with Gasteiger partial charge in [-0.05, 0) is 25.1 Å². The van der Waals surface area contributed by atoms with Gasteiger partial charge in [-0.2, -0.15) is 5.10 Å². The molecule has 0 unspecified atom stereocenters. The number of hydrogen-bond acceptors (Lipinski definition) is 6. The van der Waals surface area contributed by atoms with Crippen molar-refractivity contribution < 1.29 is 9.21 Å². The molecule has 0 aliphatic heterocycles. The molecule has 0 aliphatic carbocycles. The Morgan fingerprint density at radius 2 is 1.85 bits per heavy atom. The lowest BCUT2D eigenvalue weighted by molar-refractivity contribution is 0.0926. The Balaban J connectivity index is 1.31. The zero-order valence-electron chi connectivity index (χ0n) is 17.8. The first-order valence-corrected chi connectivity index (χ1v) is 11.3. The van der Waals surface area contributed by atoms with Gasteiger partial charge in [0.25, 0.3) is 11.5 Å². The van der Waals surface area contributed by atoms with Crippen molar-refractivity contribution in [2.45, 2.75) is 13.5 Å². The minimum absolute atomic E-state index is 0.234. The van der Waals surface area contributed by atoms with Crippen molar-refractivity contribution in [2.24, 2.45) is 0 Å². The second kappa shape index (κ2) is 8.84. The average Bonchev–Trinajstić information content (AvgIpc) is 3.45. The molecule has 3 heterocycles. The van der Waals surface area contributed by atoms with E-state index in [1.807, 2.05) is 61.5 Å². The molecular formula is C25H20N4O3S. The van der Waals surface area contributed by atoms with Crippen LogP contribution in [0.1, 0.15) is 16.2 Å². The Bertz CT molecular complexity index is 1470. The molecule has 0 saturated heterocycles. The lowest BCUT2D eigenvalue weighted by Crippen LogP contribution is -2.31. The summed E-state index contributed by atoms with van der Waals surface area (Å²) >= 11 is 1.54. The van der Waals surface area contributed by atoms with Crippen molar-refractivity contribution >= 4 is 28.2 Å². The second-order valence-corrected chi connectivity index (χ2v) is 8.48. The fourth-order valence-electron chi connectivity index (χ4n) is 3.52. The summed E-state index contributed by atoms with van der Waals surface area (Å²) in [5.74, 6) is -0.0970. The van der Waals surface area contributed by atoms with E-state index in [0.29, 0.717) is 11.3 Å². The van der Waals surface area contributed by atoms with Crippen molar-refractivity contribution in [3.05, 3.63) is 94.6 Å². The molecule has 33 heavy (non-hydrogen) atoms. The summed E-state index contributed by atoms with van der Waals surface area (Å²) in [4.78, 5) is 30.4. The van der Waals surface area contributed by atoms with E-state index < -0.39 is 0 Å². The monoisotopic (exact) mass is 456 g/mol. The summed E-state index contributed by atoms with van der Waals surface area (Å²) < 4.78 is 6.94. The molecule has 0 aliphatic rings. The summed E-state index contributed by atoms with van der Waals surface area (Å²) in [5.41, 5.74) is 2.99. The van der Waals surface area contributed by atoms with Crippen molar-refractivity contribution in [2.75, 3.05) is 6.54 Å². The molecule has 0 fully saturated rings. The molecule has 2 aromatic carbocycles. The van der Waals surface area contributed by atoms with Gasteiger partial charge in [0, 0.05) is 23.6 Å². The number of rotatable bonds is 6. The number of nitrogens with one attached hydrogen (secondary N) is 1. The third kappa shape index (κ3) is 4.33. The van der Waals surface area contributed by atoms with Crippen LogP contribution < -0.4 is 10.9 Å². The van der Waals surface area contributed by atoms with Crippen LogP contribution in [0.4, 0.5) is 0 Å². The molecular weight excluding hydrogens is 436 g/mol. The summed E-state index contributed by atoms with van der Waals surface area (Å²) in [6, 6.07) is 22.3. The van der Waals surface area contributed by atoms with Gasteiger partial charge in [0.2, 0.25) is 0 Å². The minimum atomic E-state index is -0.332. The van der Waals surface area contributed by atoms with Gasteiger partial charge in [-0.3, -0.25) is 9.59 Å². The zero-order valence-corrected chi connectivity index (χ0v) is 18.6. The van der Waals surface area contributed by atoms with Crippen LogP contribution in [0.15, 0.2) is 82.0 Å². The lowest BCUT2D eigenvalue weighted by atomic mass is 10.2. The van der Waals surface area contributed by atoms with Crippen LogP contribution in [0.25, 0.3) is 32.1 Å². The van der Waals surface area contributed by atoms with E-state index in [9.17, 15) is 9.59 Å². The number of hydrogen-bond donors (Lipinski definition) is 1. The molecule has 1 amide bonds. The Morgan fingerprint density at radius 1 is 1.06 bits per heavy atom. The standard InChI is InChI=1S/C25H20N4O3S/c1-16-23(33-25(27-16)17-7-3-2-4-8-17)19-11-12-22(30)29(28-19)14-13-26-24(31)21-15-18-9-5-6-10-20(18)32-21/h2-12,15H,13-14H2,1H3,(H,26,31). The number of amides is 1. The third-order valence-electron chi connectivity index (χ3n) is 5.18. The van der Waals surface area contributed by atoms with E-state index in [2.05, 4.69) is 15.4 Å². The van der Waals surface area contributed by atoms with Gasteiger partial charge in [0.05, 0.1) is 17.1 Å². The molecule has 0 bridgehead atoms. The highest BCUT2D eigenvalue weighted by Gasteiger charge is 2.15. The van der Waals surface area contributed by atoms with Crippen LogP contribution in [0.5, 0.6) is 0 Å². The first kappa shape index (κ1) is 20.8. The maximum absolute atomic E-state index is 12.4. The maximum Gasteiger partial charge on any atom is 0.287 e. The number of benzene rings is 2. The fourth-order valence-corrected chi connectivity index (χ4v) is 4.56. The van der Waals surface area contributed by atoms with Crippen molar-refractivity contribution in [1.29, 1.82) is 0 Å². The normalized spacial score (nSPS) is 11.1. The van der Waals surface area contributed by atoms with Crippen molar-refractivity contribution in [3.63, 3.8) is 0 Å². The van der Waals surface area contributed by atoms with Crippen LogP contribution in [0.3, 0.4) is 0 Å². The average molecular weight is 457 g/mol. The zero-order chi connectivity index (χ0) is 22.8.